The summed E-state index contributed by atoms with van der Waals surface area (Å²) in [7, 11) is 1.68. The SMILES string of the molecule is COCCn1ccc2ccc(NC(=O)CCN3C(=O)C(C)Oc4ccccc43)cc21. The molecule has 1 aliphatic heterocycles. The third kappa shape index (κ3) is 4.02. The summed E-state index contributed by atoms with van der Waals surface area (Å²) in [5.41, 5.74) is 2.47. The summed E-state index contributed by atoms with van der Waals surface area (Å²) in [6, 6.07) is 15.3. The molecule has 4 rings (SSSR count). The molecule has 0 radical (unpaired) electrons. The van der Waals surface area contributed by atoms with E-state index in [2.05, 4.69) is 9.88 Å². The molecule has 0 saturated carbocycles. The third-order valence-corrected chi connectivity index (χ3v) is 5.23. The molecule has 2 heterocycles. The summed E-state index contributed by atoms with van der Waals surface area (Å²) >= 11 is 0. The fourth-order valence-corrected chi connectivity index (χ4v) is 3.67. The topological polar surface area (TPSA) is 72.8 Å². The van der Waals surface area contributed by atoms with Crippen LogP contribution in [0, 0.1) is 0 Å². The van der Waals surface area contributed by atoms with E-state index in [-0.39, 0.29) is 18.2 Å². The molecule has 0 aliphatic carbocycles. The largest absolute Gasteiger partial charge is 0.479 e. The number of para-hydroxylation sites is 2. The quantitative estimate of drug-likeness (QED) is 0.651. The van der Waals surface area contributed by atoms with E-state index in [1.807, 2.05) is 54.7 Å². The molecule has 1 atom stereocenters. The maximum absolute atomic E-state index is 12.6. The van der Waals surface area contributed by atoms with E-state index in [0.717, 1.165) is 23.1 Å². The van der Waals surface area contributed by atoms with Crippen LogP contribution < -0.4 is 15.0 Å². The fourth-order valence-electron chi connectivity index (χ4n) is 3.67. The van der Waals surface area contributed by atoms with E-state index in [1.165, 1.54) is 0 Å². The minimum absolute atomic E-state index is 0.140. The van der Waals surface area contributed by atoms with Crippen molar-refractivity contribution in [3.8, 4) is 5.75 Å². The Kier molecular flexibility index (Phi) is 5.72. The van der Waals surface area contributed by atoms with Crippen LogP contribution in [0.1, 0.15) is 13.3 Å². The molecule has 0 bridgehead atoms. The van der Waals surface area contributed by atoms with Gasteiger partial charge in [0.05, 0.1) is 17.8 Å². The van der Waals surface area contributed by atoms with Crippen molar-refractivity contribution in [1.82, 2.24) is 4.57 Å². The number of hydrogen-bond donors (Lipinski definition) is 1. The minimum atomic E-state index is -0.565. The Morgan fingerprint density at radius 1 is 1.17 bits per heavy atom. The first-order chi connectivity index (χ1) is 14.6. The van der Waals surface area contributed by atoms with Crippen LogP contribution in [-0.2, 0) is 20.9 Å². The van der Waals surface area contributed by atoms with Crippen molar-refractivity contribution in [3.63, 3.8) is 0 Å². The van der Waals surface area contributed by atoms with Gasteiger partial charge in [0.25, 0.3) is 5.91 Å². The number of methoxy groups -OCH3 is 1. The highest BCUT2D eigenvalue weighted by Gasteiger charge is 2.31. The van der Waals surface area contributed by atoms with Gasteiger partial charge < -0.3 is 24.3 Å². The number of nitrogens with one attached hydrogen (secondary N) is 1. The molecule has 2 amide bonds. The van der Waals surface area contributed by atoms with Crippen molar-refractivity contribution < 1.29 is 19.1 Å². The average Bonchev–Trinajstić information content (AvgIpc) is 3.15. The molecule has 0 fully saturated rings. The van der Waals surface area contributed by atoms with Gasteiger partial charge in [-0.2, -0.15) is 0 Å². The Bertz CT molecular complexity index is 1080. The number of nitrogens with zero attached hydrogens (tertiary/aromatic N) is 2. The van der Waals surface area contributed by atoms with Crippen LogP contribution in [-0.4, -0.2) is 42.7 Å². The first-order valence-electron chi connectivity index (χ1n) is 10.0. The number of fused-ring (bicyclic) bond motifs is 2. The van der Waals surface area contributed by atoms with Gasteiger partial charge in [-0.3, -0.25) is 9.59 Å². The van der Waals surface area contributed by atoms with Gasteiger partial charge in [-0.25, -0.2) is 0 Å². The first-order valence-corrected chi connectivity index (χ1v) is 10.0. The lowest BCUT2D eigenvalue weighted by molar-refractivity contribution is -0.125. The van der Waals surface area contributed by atoms with Crippen molar-refractivity contribution in [2.24, 2.45) is 0 Å². The van der Waals surface area contributed by atoms with Crippen molar-refractivity contribution in [3.05, 3.63) is 54.7 Å². The maximum atomic E-state index is 12.6. The Balaban J connectivity index is 1.43. The van der Waals surface area contributed by atoms with E-state index < -0.39 is 6.10 Å². The van der Waals surface area contributed by atoms with Crippen LogP contribution in [0.2, 0.25) is 0 Å². The van der Waals surface area contributed by atoms with Gasteiger partial charge in [-0.05, 0) is 42.6 Å². The number of benzene rings is 2. The third-order valence-electron chi connectivity index (χ3n) is 5.23. The fraction of sp³-hybridized carbons (Fsp3) is 0.304. The summed E-state index contributed by atoms with van der Waals surface area (Å²) in [6.45, 7) is 3.38. The summed E-state index contributed by atoms with van der Waals surface area (Å²) in [5, 5.41) is 4.05. The number of amides is 2. The van der Waals surface area contributed by atoms with E-state index in [0.29, 0.717) is 24.6 Å². The van der Waals surface area contributed by atoms with Gasteiger partial charge in [0.1, 0.15) is 5.75 Å². The predicted molar refractivity (Wildman–Crippen MR) is 116 cm³/mol. The van der Waals surface area contributed by atoms with E-state index in [1.54, 1.807) is 18.9 Å². The number of hydrogen-bond acceptors (Lipinski definition) is 4. The average molecular weight is 407 g/mol. The molecule has 1 aromatic heterocycles. The second kappa shape index (κ2) is 8.59. The van der Waals surface area contributed by atoms with Crippen molar-refractivity contribution >= 4 is 34.1 Å². The molecule has 156 valence electrons. The second-order valence-corrected chi connectivity index (χ2v) is 7.29. The van der Waals surface area contributed by atoms with Gasteiger partial charge in [0.15, 0.2) is 6.10 Å². The number of rotatable bonds is 7. The molecule has 3 aromatic rings. The summed E-state index contributed by atoms with van der Waals surface area (Å²) in [6.07, 6.45) is 1.64. The predicted octanol–water partition coefficient (Wildman–Crippen LogP) is 3.43. The Labute approximate surface area is 175 Å². The highest BCUT2D eigenvalue weighted by Crippen LogP contribution is 2.33. The summed E-state index contributed by atoms with van der Waals surface area (Å²) in [5.74, 6) is 0.375. The summed E-state index contributed by atoms with van der Waals surface area (Å²) < 4.78 is 12.9. The maximum Gasteiger partial charge on any atom is 0.267 e. The zero-order valence-electron chi connectivity index (χ0n) is 17.1. The van der Waals surface area contributed by atoms with Crippen molar-refractivity contribution in [1.29, 1.82) is 0 Å². The molecule has 1 aliphatic rings. The normalized spacial score (nSPS) is 15.7. The Morgan fingerprint density at radius 3 is 2.83 bits per heavy atom. The molecule has 0 spiro atoms. The Morgan fingerprint density at radius 2 is 2.00 bits per heavy atom. The second-order valence-electron chi connectivity index (χ2n) is 7.29. The molecule has 2 aromatic carbocycles. The van der Waals surface area contributed by atoms with E-state index in [9.17, 15) is 9.59 Å². The molecule has 1 unspecified atom stereocenters. The standard InChI is InChI=1S/C23H25N3O4/c1-16-23(28)26(19-5-3-4-6-21(19)30-16)12-10-22(27)24-18-8-7-17-9-11-25(13-14-29-2)20(17)15-18/h3-9,11,15-16H,10,12-14H2,1-2H3,(H,24,27). The molecular weight excluding hydrogens is 382 g/mol. The van der Waals surface area contributed by atoms with Crippen molar-refractivity contribution in [2.45, 2.75) is 26.0 Å². The summed E-state index contributed by atoms with van der Waals surface area (Å²) in [4.78, 5) is 26.8. The highest BCUT2D eigenvalue weighted by atomic mass is 16.5. The van der Waals surface area contributed by atoms with Crippen LogP contribution >= 0.6 is 0 Å². The van der Waals surface area contributed by atoms with E-state index in [4.69, 9.17) is 9.47 Å². The van der Waals surface area contributed by atoms with Crippen LogP contribution in [0.3, 0.4) is 0 Å². The lowest BCUT2D eigenvalue weighted by Gasteiger charge is -2.32. The molecule has 1 N–H and O–H groups in total. The van der Waals surface area contributed by atoms with Gasteiger partial charge in [-0.1, -0.05) is 18.2 Å². The smallest absolute Gasteiger partial charge is 0.267 e. The molecule has 7 heteroatoms. The minimum Gasteiger partial charge on any atom is -0.479 e. The zero-order chi connectivity index (χ0) is 21.1. The van der Waals surface area contributed by atoms with Crippen LogP contribution in [0.25, 0.3) is 10.9 Å². The van der Waals surface area contributed by atoms with Gasteiger partial charge in [-0.15, -0.1) is 0 Å². The molecular formula is C23H25N3O4. The van der Waals surface area contributed by atoms with E-state index >= 15 is 0 Å². The lowest BCUT2D eigenvalue weighted by atomic mass is 10.1. The van der Waals surface area contributed by atoms with Gasteiger partial charge in [0.2, 0.25) is 5.91 Å². The number of ether oxygens (including phenoxy) is 2. The molecule has 30 heavy (non-hydrogen) atoms. The Hall–Kier alpha value is -3.32. The number of aromatic nitrogens is 1. The van der Waals surface area contributed by atoms with Crippen molar-refractivity contribution in [2.75, 3.05) is 30.5 Å². The van der Waals surface area contributed by atoms with Crippen LogP contribution in [0.15, 0.2) is 54.7 Å². The zero-order valence-corrected chi connectivity index (χ0v) is 17.1. The van der Waals surface area contributed by atoms with Crippen LogP contribution in [0.4, 0.5) is 11.4 Å². The van der Waals surface area contributed by atoms with Gasteiger partial charge in [0, 0.05) is 38.5 Å². The number of carbonyl (C=O) groups is 2. The monoisotopic (exact) mass is 407 g/mol. The first kappa shape index (κ1) is 20.0. The highest BCUT2D eigenvalue weighted by molar-refractivity contribution is 6.01. The lowest BCUT2D eigenvalue weighted by Crippen LogP contribution is -2.45. The van der Waals surface area contributed by atoms with Crippen LogP contribution in [0.5, 0.6) is 5.75 Å². The molecule has 7 nitrogen and oxygen atoms in total. The van der Waals surface area contributed by atoms with Gasteiger partial charge >= 0.3 is 0 Å². The number of carbonyl (C=O) groups excluding carboxylic acids is 2. The number of anilines is 2. The molecule has 0 saturated heterocycles.